The van der Waals surface area contributed by atoms with Crippen molar-refractivity contribution in [2.75, 3.05) is 0 Å². The summed E-state index contributed by atoms with van der Waals surface area (Å²) in [6, 6.07) is 3.14. The molecule has 5 heteroatoms. The molecule has 0 aliphatic carbocycles. The molecule has 0 saturated heterocycles. The van der Waals surface area contributed by atoms with Gasteiger partial charge in [0.2, 0.25) is 0 Å². The SMILES string of the molecule is Cc1nn(-c2ccc(Cl)c(F)c2C)cc1C=O. The number of carbonyl (C=O) groups excluding carboxylic acids is 1. The number of aldehydes is 1. The van der Waals surface area contributed by atoms with Gasteiger partial charge in [0.1, 0.15) is 5.82 Å². The summed E-state index contributed by atoms with van der Waals surface area (Å²) in [6.07, 6.45) is 2.29. The number of rotatable bonds is 2. The molecule has 0 bridgehead atoms. The molecular weight excluding hydrogens is 243 g/mol. The molecule has 1 aromatic heterocycles. The van der Waals surface area contributed by atoms with E-state index in [0.717, 1.165) is 6.29 Å². The van der Waals surface area contributed by atoms with Gasteiger partial charge in [-0.25, -0.2) is 9.07 Å². The maximum Gasteiger partial charge on any atom is 0.153 e. The van der Waals surface area contributed by atoms with Crippen molar-refractivity contribution in [3.8, 4) is 5.69 Å². The predicted octanol–water partition coefficient (Wildman–Crippen LogP) is 3.09. The van der Waals surface area contributed by atoms with Crippen LogP contribution >= 0.6 is 11.6 Å². The van der Waals surface area contributed by atoms with Crippen LogP contribution in [0.5, 0.6) is 0 Å². The van der Waals surface area contributed by atoms with Crippen LogP contribution in [-0.2, 0) is 0 Å². The molecule has 0 amide bonds. The van der Waals surface area contributed by atoms with E-state index in [1.54, 1.807) is 26.1 Å². The number of halogens is 2. The molecule has 2 aromatic rings. The lowest BCUT2D eigenvalue weighted by atomic mass is 10.2. The van der Waals surface area contributed by atoms with E-state index in [-0.39, 0.29) is 5.02 Å². The first kappa shape index (κ1) is 11.8. The van der Waals surface area contributed by atoms with Crippen molar-refractivity contribution in [2.24, 2.45) is 0 Å². The van der Waals surface area contributed by atoms with E-state index in [1.807, 2.05) is 0 Å². The first-order valence-corrected chi connectivity index (χ1v) is 5.39. The number of aryl methyl sites for hydroxylation is 1. The van der Waals surface area contributed by atoms with Crippen LogP contribution in [-0.4, -0.2) is 16.1 Å². The van der Waals surface area contributed by atoms with Gasteiger partial charge in [0.15, 0.2) is 6.29 Å². The van der Waals surface area contributed by atoms with E-state index in [2.05, 4.69) is 5.10 Å². The summed E-state index contributed by atoms with van der Waals surface area (Å²) in [4.78, 5) is 10.7. The van der Waals surface area contributed by atoms with Crippen molar-refractivity contribution in [1.82, 2.24) is 9.78 Å². The Morgan fingerprint density at radius 1 is 1.41 bits per heavy atom. The van der Waals surface area contributed by atoms with Gasteiger partial charge in [-0.1, -0.05) is 11.6 Å². The highest BCUT2D eigenvalue weighted by atomic mass is 35.5. The molecule has 0 atom stereocenters. The Hall–Kier alpha value is -1.68. The molecule has 0 unspecified atom stereocenters. The summed E-state index contributed by atoms with van der Waals surface area (Å²) in [6.45, 7) is 3.34. The van der Waals surface area contributed by atoms with Crippen LogP contribution < -0.4 is 0 Å². The van der Waals surface area contributed by atoms with Gasteiger partial charge in [-0.05, 0) is 26.0 Å². The molecule has 0 saturated carbocycles. The Morgan fingerprint density at radius 3 is 2.71 bits per heavy atom. The maximum atomic E-state index is 13.6. The molecule has 0 fully saturated rings. The van der Waals surface area contributed by atoms with Crippen LogP contribution in [0.4, 0.5) is 4.39 Å². The minimum Gasteiger partial charge on any atom is -0.298 e. The fraction of sp³-hybridized carbons (Fsp3) is 0.167. The monoisotopic (exact) mass is 252 g/mol. The summed E-state index contributed by atoms with van der Waals surface area (Å²) < 4.78 is 15.1. The van der Waals surface area contributed by atoms with E-state index in [4.69, 9.17) is 11.6 Å². The lowest BCUT2D eigenvalue weighted by Crippen LogP contribution is -2.00. The molecule has 0 aliphatic rings. The third-order valence-electron chi connectivity index (χ3n) is 2.62. The van der Waals surface area contributed by atoms with Crippen LogP contribution in [0.1, 0.15) is 21.6 Å². The Morgan fingerprint density at radius 2 is 2.12 bits per heavy atom. The lowest BCUT2D eigenvalue weighted by molar-refractivity contribution is 0.112. The zero-order valence-electron chi connectivity index (χ0n) is 9.37. The van der Waals surface area contributed by atoms with Crippen LogP contribution in [0.15, 0.2) is 18.3 Å². The molecule has 3 nitrogen and oxygen atoms in total. The van der Waals surface area contributed by atoms with Gasteiger partial charge >= 0.3 is 0 Å². The van der Waals surface area contributed by atoms with Crippen LogP contribution in [0.2, 0.25) is 5.02 Å². The van der Waals surface area contributed by atoms with Gasteiger partial charge in [-0.2, -0.15) is 5.10 Å². The van der Waals surface area contributed by atoms with Gasteiger partial charge in [0.25, 0.3) is 0 Å². The van der Waals surface area contributed by atoms with Gasteiger partial charge in [-0.3, -0.25) is 4.79 Å². The summed E-state index contributed by atoms with van der Waals surface area (Å²) >= 11 is 5.68. The average molecular weight is 253 g/mol. The Bertz CT molecular complexity index is 592. The first-order valence-electron chi connectivity index (χ1n) is 5.01. The second-order valence-corrected chi connectivity index (χ2v) is 4.14. The fourth-order valence-electron chi connectivity index (χ4n) is 1.60. The second-order valence-electron chi connectivity index (χ2n) is 3.74. The summed E-state index contributed by atoms with van der Waals surface area (Å²) in [5, 5.41) is 4.23. The number of hydrogen-bond acceptors (Lipinski definition) is 2. The molecule has 1 aromatic carbocycles. The highest BCUT2D eigenvalue weighted by Crippen LogP contribution is 2.23. The van der Waals surface area contributed by atoms with Crippen molar-refractivity contribution in [2.45, 2.75) is 13.8 Å². The van der Waals surface area contributed by atoms with Crippen LogP contribution in [0, 0.1) is 19.7 Å². The fourth-order valence-corrected chi connectivity index (χ4v) is 1.81. The van der Waals surface area contributed by atoms with E-state index < -0.39 is 5.82 Å². The highest BCUT2D eigenvalue weighted by Gasteiger charge is 2.12. The molecule has 17 heavy (non-hydrogen) atoms. The molecule has 2 rings (SSSR count). The number of aromatic nitrogens is 2. The molecular formula is C12H10ClFN2O. The van der Waals surface area contributed by atoms with Crippen LogP contribution in [0.3, 0.4) is 0 Å². The minimum atomic E-state index is -0.468. The topological polar surface area (TPSA) is 34.9 Å². The number of nitrogens with zero attached hydrogens (tertiary/aromatic N) is 2. The van der Waals surface area contributed by atoms with E-state index in [1.165, 1.54) is 10.7 Å². The molecule has 88 valence electrons. The van der Waals surface area contributed by atoms with Crippen molar-refractivity contribution < 1.29 is 9.18 Å². The van der Waals surface area contributed by atoms with E-state index >= 15 is 0 Å². The van der Waals surface area contributed by atoms with Gasteiger partial charge < -0.3 is 0 Å². The van der Waals surface area contributed by atoms with Crippen molar-refractivity contribution >= 4 is 17.9 Å². The molecule has 0 aliphatic heterocycles. The van der Waals surface area contributed by atoms with Crippen LogP contribution in [0.25, 0.3) is 5.69 Å². The standard InChI is InChI=1S/C12H10ClFN2O/c1-7-11(4-3-10(13)12(7)14)16-5-9(6-17)8(2)15-16/h3-6H,1-2H3. The highest BCUT2D eigenvalue weighted by molar-refractivity contribution is 6.30. The Labute approximate surface area is 103 Å². The second kappa shape index (κ2) is 4.30. The minimum absolute atomic E-state index is 0.0748. The van der Waals surface area contributed by atoms with Gasteiger partial charge in [0.05, 0.1) is 22.0 Å². The third kappa shape index (κ3) is 1.96. The van der Waals surface area contributed by atoms with Gasteiger partial charge in [0, 0.05) is 11.8 Å². The molecule has 1 heterocycles. The van der Waals surface area contributed by atoms with Crippen molar-refractivity contribution in [1.29, 1.82) is 0 Å². The van der Waals surface area contributed by atoms with Crippen molar-refractivity contribution in [3.05, 3.63) is 46.0 Å². The Balaban J connectivity index is 2.60. The third-order valence-corrected chi connectivity index (χ3v) is 2.91. The van der Waals surface area contributed by atoms with Gasteiger partial charge in [-0.15, -0.1) is 0 Å². The first-order chi connectivity index (χ1) is 8.04. The Kier molecular flexibility index (Phi) is 2.98. The summed E-state index contributed by atoms with van der Waals surface area (Å²) in [5.41, 5.74) is 2.06. The number of benzene rings is 1. The smallest absolute Gasteiger partial charge is 0.153 e. The summed E-state index contributed by atoms with van der Waals surface area (Å²) in [5.74, 6) is -0.468. The summed E-state index contributed by atoms with van der Waals surface area (Å²) in [7, 11) is 0. The zero-order valence-corrected chi connectivity index (χ0v) is 10.1. The average Bonchev–Trinajstić information content (AvgIpc) is 2.67. The molecule has 0 radical (unpaired) electrons. The lowest BCUT2D eigenvalue weighted by Gasteiger charge is -2.07. The normalized spacial score (nSPS) is 10.6. The van der Waals surface area contributed by atoms with E-state index in [0.29, 0.717) is 22.5 Å². The zero-order chi connectivity index (χ0) is 12.6. The number of hydrogen-bond donors (Lipinski definition) is 0. The maximum absolute atomic E-state index is 13.6. The number of carbonyl (C=O) groups is 1. The molecule has 0 N–H and O–H groups in total. The largest absolute Gasteiger partial charge is 0.298 e. The van der Waals surface area contributed by atoms with E-state index in [9.17, 15) is 9.18 Å². The predicted molar refractivity (Wildman–Crippen MR) is 63.4 cm³/mol. The molecule has 0 spiro atoms. The van der Waals surface area contributed by atoms with Crippen molar-refractivity contribution in [3.63, 3.8) is 0 Å². The quantitative estimate of drug-likeness (QED) is 0.770.